The first-order valence-electron chi connectivity index (χ1n) is 4.43. The standard InChI is InChI=1S/C9H10BrN5/c1-15-6-13-9(14-15)5-12-8-2-3-11-4-7(8)10/h2-4,6H,5H2,1H3,(H,11,12). The second kappa shape index (κ2) is 4.39. The van der Waals surface area contributed by atoms with Crippen molar-refractivity contribution in [3.63, 3.8) is 0 Å². The quantitative estimate of drug-likeness (QED) is 0.918. The van der Waals surface area contributed by atoms with Gasteiger partial charge in [-0.3, -0.25) is 9.67 Å². The van der Waals surface area contributed by atoms with E-state index in [2.05, 4.69) is 36.3 Å². The highest BCUT2D eigenvalue weighted by Gasteiger charge is 2.01. The molecule has 0 saturated heterocycles. The van der Waals surface area contributed by atoms with Crippen molar-refractivity contribution < 1.29 is 0 Å². The Bertz CT molecular complexity index is 453. The topological polar surface area (TPSA) is 55.6 Å². The van der Waals surface area contributed by atoms with E-state index in [1.807, 2.05) is 13.1 Å². The third-order valence-corrected chi connectivity index (χ3v) is 2.49. The highest BCUT2D eigenvalue weighted by atomic mass is 79.9. The first kappa shape index (κ1) is 10.1. The van der Waals surface area contributed by atoms with Crippen LogP contribution in [0.3, 0.4) is 0 Å². The maximum absolute atomic E-state index is 4.17. The maximum Gasteiger partial charge on any atom is 0.169 e. The molecule has 0 atom stereocenters. The van der Waals surface area contributed by atoms with E-state index in [-0.39, 0.29) is 0 Å². The van der Waals surface area contributed by atoms with Crippen molar-refractivity contribution in [3.05, 3.63) is 35.1 Å². The van der Waals surface area contributed by atoms with Crippen molar-refractivity contribution in [3.8, 4) is 0 Å². The Morgan fingerprint density at radius 3 is 3.07 bits per heavy atom. The van der Waals surface area contributed by atoms with E-state index in [4.69, 9.17) is 0 Å². The Morgan fingerprint density at radius 1 is 1.53 bits per heavy atom. The number of hydrogen-bond acceptors (Lipinski definition) is 4. The number of anilines is 1. The van der Waals surface area contributed by atoms with E-state index in [0.29, 0.717) is 6.54 Å². The van der Waals surface area contributed by atoms with Gasteiger partial charge in [0.25, 0.3) is 0 Å². The molecule has 2 heterocycles. The fourth-order valence-corrected chi connectivity index (χ4v) is 1.55. The zero-order valence-electron chi connectivity index (χ0n) is 8.18. The van der Waals surface area contributed by atoms with Gasteiger partial charge in [0, 0.05) is 19.4 Å². The normalized spacial score (nSPS) is 10.3. The van der Waals surface area contributed by atoms with E-state index in [0.717, 1.165) is 16.0 Å². The fraction of sp³-hybridized carbons (Fsp3) is 0.222. The van der Waals surface area contributed by atoms with Gasteiger partial charge in [0.05, 0.1) is 16.7 Å². The number of aryl methyl sites for hydroxylation is 1. The van der Waals surface area contributed by atoms with Crippen LogP contribution in [0.15, 0.2) is 29.3 Å². The molecule has 0 amide bonds. The zero-order chi connectivity index (χ0) is 10.7. The number of nitrogens with zero attached hydrogens (tertiary/aromatic N) is 4. The molecule has 0 bridgehead atoms. The van der Waals surface area contributed by atoms with E-state index >= 15 is 0 Å². The van der Waals surface area contributed by atoms with Crippen LogP contribution in [0, 0.1) is 0 Å². The zero-order valence-corrected chi connectivity index (χ0v) is 9.77. The van der Waals surface area contributed by atoms with Gasteiger partial charge in [-0.2, -0.15) is 5.10 Å². The van der Waals surface area contributed by atoms with E-state index < -0.39 is 0 Å². The van der Waals surface area contributed by atoms with Crippen LogP contribution < -0.4 is 5.32 Å². The van der Waals surface area contributed by atoms with Gasteiger partial charge < -0.3 is 5.32 Å². The lowest BCUT2D eigenvalue weighted by Gasteiger charge is -2.04. The van der Waals surface area contributed by atoms with Crippen LogP contribution in [0.2, 0.25) is 0 Å². The number of hydrogen-bond donors (Lipinski definition) is 1. The van der Waals surface area contributed by atoms with E-state index in [1.54, 1.807) is 23.4 Å². The van der Waals surface area contributed by atoms with Crippen LogP contribution in [0.4, 0.5) is 5.69 Å². The minimum Gasteiger partial charge on any atom is -0.377 e. The summed E-state index contributed by atoms with van der Waals surface area (Å²) >= 11 is 3.40. The van der Waals surface area contributed by atoms with E-state index in [9.17, 15) is 0 Å². The van der Waals surface area contributed by atoms with Crippen molar-refractivity contribution in [2.24, 2.45) is 7.05 Å². The molecule has 0 aliphatic rings. The predicted molar refractivity (Wildman–Crippen MR) is 60.3 cm³/mol. The van der Waals surface area contributed by atoms with Gasteiger partial charge in [0.2, 0.25) is 0 Å². The molecule has 6 heteroatoms. The predicted octanol–water partition coefficient (Wildman–Crippen LogP) is 1.58. The maximum atomic E-state index is 4.17. The number of rotatable bonds is 3. The molecule has 2 rings (SSSR count). The lowest BCUT2D eigenvalue weighted by molar-refractivity contribution is 0.747. The number of aromatic nitrogens is 4. The molecule has 5 nitrogen and oxygen atoms in total. The van der Waals surface area contributed by atoms with Crippen LogP contribution in [0.25, 0.3) is 0 Å². The smallest absolute Gasteiger partial charge is 0.169 e. The first-order chi connectivity index (χ1) is 7.25. The molecule has 15 heavy (non-hydrogen) atoms. The molecule has 0 spiro atoms. The highest BCUT2D eigenvalue weighted by molar-refractivity contribution is 9.10. The van der Waals surface area contributed by atoms with Crippen molar-refractivity contribution in [1.82, 2.24) is 19.7 Å². The summed E-state index contributed by atoms with van der Waals surface area (Å²) in [7, 11) is 1.85. The molecule has 0 radical (unpaired) electrons. The molecule has 0 saturated carbocycles. The summed E-state index contributed by atoms with van der Waals surface area (Å²) in [5, 5.41) is 7.38. The molecule has 2 aromatic rings. The molecule has 0 aliphatic heterocycles. The van der Waals surface area contributed by atoms with Gasteiger partial charge in [-0.25, -0.2) is 4.98 Å². The molecular formula is C9H10BrN5. The minimum atomic E-state index is 0.601. The number of nitrogens with one attached hydrogen (secondary N) is 1. The molecular weight excluding hydrogens is 258 g/mol. The average molecular weight is 268 g/mol. The minimum absolute atomic E-state index is 0.601. The van der Waals surface area contributed by atoms with Crippen LogP contribution in [-0.4, -0.2) is 19.7 Å². The molecule has 0 aliphatic carbocycles. The fourth-order valence-electron chi connectivity index (χ4n) is 1.16. The largest absolute Gasteiger partial charge is 0.377 e. The molecule has 1 N–H and O–H groups in total. The molecule has 0 aromatic carbocycles. The summed E-state index contributed by atoms with van der Waals surface area (Å²) in [5.41, 5.74) is 0.984. The van der Waals surface area contributed by atoms with Crippen molar-refractivity contribution in [1.29, 1.82) is 0 Å². The summed E-state index contributed by atoms with van der Waals surface area (Å²) in [6, 6.07) is 1.90. The highest BCUT2D eigenvalue weighted by Crippen LogP contribution is 2.19. The molecule has 78 valence electrons. The summed E-state index contributed by atoms with van der Waals surface area (Å²) < 4.78 is 2.61. The molecule has 0 fully saturated rings. The Kier molecular flexibility index (Phi) is 2.96. The first-order valence-corrected chi connectivity index (χ1v) is 5.23. The summed E-state index contributed by atoms with van der Waals surface area (Å²) in [5.74, 6) is 0.765. The van der Waals surface area contributed by atoms with Crippen molar-refractivity contribution in [2.45, 2.75) is 6.54 Å². The molecule has 0 unspecified atom stereocenters. The number of halogens is 1. The Hall–Kier alpha value is -1.43. The Labute approximate surface area is 95.7 Å². The van der Waals surface area contributed by atoms with Crippen LogP contribution in [0.1, 0.15) is 5.82 Å². The van der Waals surface area contributed by atoms with Crippen LogP contribution in [0.5, 0.6) is 0 Å². The van der Waals surface area contributed by atoms with Gasteiger partial charge in [0.1, 0.15) is 6.33 Å². The second-order valence-corrected chi connectivity index (χ2v) is 3.90. The van der Waals surface area contributed by atoms with Crippen LogP contribution in [-0.2, 0) is 13.6 Å². The van der Waals surface area contributed by atoms with Crippen molar-refractivity contribution in [2.75, 3.05) is 5.32 Å². The van der Waals surface area contributed by atoms with Gasteiger partial charge in [0.15, 0.2) is 5.82 Å². The van der Waals surface area contributed by atoms with Crippen LogP contribution >= 0.6 is 15.9 Å². The summed E-state index contributed by atoms with van der Waals surface area (Å²) in [4.78, 5) is 8.10. The summed E-state index contributed by atoms with van der Waals surface area (Å²) in [6.07, 6.45) is 5.16. The SMILES string of the molecule is Cn1cnc(CNc2ccncc2Br)n1. The van der Waals surface area contributed by atoms with Gasteiger partial charge in [-0.05, 0) is 22.0 Å². The third kappa shape index (κ3) is 2.53. The third-order valence-electron chi connectivity index (χ3n) is 1.86. The van der Waals surface area contributed by atoms with Crippen molar-refractivity contribution >= 4 is 21.6 Å². The summed E-state index contributed by atoms with van der Waals surface area (Å²) in [6.45, 7) is 0.601. The second-order valence-electron chi connectivity index (χ2n) is 3.04. The average Bonchev–Trinajstić information content (AvgIpc) is 2.63. The van der Waals surface area contributed by atoms with Gasteiger partial charge >= 0.3 is 0 Å². The van der Waals surface area contributed by atoms with E-state index in [1.165, 1.54) is 0 Å². The Balaban J connectivity index is 2.02. The van der Waals surface area contributed by atoms with Gasteiger partial charge in [-0.15, -0.1) is 0 Å². The number of pyridine rings is 1. The lowest BCUT2D eigenvalue weighted by atomic mass is 10.4. The van der Waals surface area contributed by atoms with Gasteiger partial charge in [-0.1, -0.05) is 0 Å². The Morgan fingerprint density at radius 2 is 2.40 bits per heavy atom. The lowest BCUT2D eigenvalue weighted by Crippen LogP contribution is -2.02. The molecule has 2 aromatic heterocycles. The monoisotopic (exact) mass is 267 g/mol.